The minimum atomic E-state index is 0.171. The normalized spacial score (nSPS) is 15.0. The third-order valence-electron chi connectivity index (χ3n) is 7.12. The molecule has 2 aliphatic rings. The molecule has 1 N–H and O–H groups in total. The van der Waals surface area contributed by atoms with Gasteiger partial charge in [-0.3, -0.25) is 4.79 Å². The standard InChI is InChI=1S/C28H35N7O3/c1-4-33(5-2)13-14-34-15-16-38-27-24(34)17-21(18-29-27)31-28-30-19-23(26(32-28)37-3)20-8-10-22(11-9-20)35-12-6-7-25(35)36/h8-11,17-19H,4-7,12-16H2,1-3H3,(H,30,31,32). The van der Waals surface area contributed by atoms with Gasteiger partial charge in [-0.1, -0.05) is 26.0 Å². The number of anilines is 4. The molecular weight excluding hydrogens is 482 g/mol. The van der Waals surface area contributed by atoms with Crippen LogP contribution in [0, 0.1) is 0 Å². The Morgan fingerprint density at radius 2 is 1.92 bits per heavy atom. The molecule has 10 heteroatoms. The average Bonchev–Trinajstić information content (AvgIpc) is 3.39. The summed E-state index contributed by atoms with van der Waals surface area (Å²) in [5.41, 5.74) is 4.34. The number of fused-ring (bicyclic) bond motifs is 1. The van der Waals surface area contributed by atoms with Gasteiger partial charge in [0.2, 0.25) is 23.6 Å². The maximum Gasteiger partial charge on any atom is 0.237 e. The van der Waals surface area contributed by atoms with Crippen LogP contribution in [0.15, 0.2) is 42.7 Å². The summed E-state index contributed by atoms with van der Waals surface area (Å²) in [5.74, 6) is 1.69. The number of pyridine rings is 1. The molecule has 1 aromatic carbocycles. The van der Waals surface area contributed by atoms with Crippen molar-refractivity contribution in [1.82, 2.24) is 19.9 Å². The molecule has 0 aliphatic carbocycles. The Kier molecular flexibility index (Phi) is 7.88. The first-order valence-corrected chi connectivity index (χ1v) is 13.3. The smallest absolute Gasteiger partial charge is 0.237 e. The van der Waals surface area contributed by atoms with Crippen molar-refractivity contribution in [2.24, 2.45) is 0 Å². The molecule has 0 radical (unpaired) electrons. The van der Waals surface area contributed by atoms with Crippen molar-refractivity contribution in [1.29, 1.82) is 0 Å². The Balaban J connectivity index is 1.32. The van der Waals surface area contributed by atoms with Gasteiger partial charge in [-0.05, 0) is 43.3 Å². The van der Waals surface area contributed by atoms with Crippen LogP contribution in [0.25, 0.3) is 11.1 Å². The van der Waals surface area contributed by atoms with Crippen molar-refractivity contribution >= 4 is 28.9 Å². The fourth-order valence-corrected chi connectivity index (χ4v) is 4.91. The number of methoxy groups -OCH3 is 1. The van der Waals surface area contributed by atoms with E-state index in [1.807, 2.05) is 35.2 Å². The van der Waals surface area contributed by atoms with Gasteiger partial charge in [0.1, 0.15) is 12.3 Å². The predicted octanol–water partition coefficient (Wildman–Crippen LogP) is 3.96. The number of likely N-dealkylation sites (N-methyl/N-ethyl adjacent to an activating group) is 1. The van der Waals surface area contributed by atoms with E-state index in [9.17, 15) is 4.79 Å². The van der Waals surface area contributed by atoms with Crippen molar-refractivity contribution in [2.75, 3.05) is 68.1 Å². The maximum atomic E-state index is 12.1. The SMILES string of the molecule is CCN(CC)CCN1CCOc2ncc(Nc3ncc(-c4ccc(N5CCCC5=O)cc4)c(OC)n3)cc21. The highest BCUT2D eigenvalue weighted by atomic mass is 16.5. The number of carbonyl (C=O) groups excluding carboxylic acids is 1. The second-order valence-corrected chi connectivity index (χ2v) is 9.35. The number of amides is 1. The fourth-order valence-electron chi connectivity index (χ4n) is 4.91. The zero-order valence-corrected chi connectivity index (χ0v) is 22.3. The molecule has 0 bridgehead atoms. The maximum absolute atomic E-state index is 12.1. The van der Waals surface area contributed by atoms with E-state index in [0.29, 0.717) is 30.7 Å². The Morgan fingerprint density at radius 3 is 2.63 bits per heavy atom. The number of rotatable bonds is 10. The number of aromatic nitrogens is 3. The molecular formula is C28H35N7O3. The Bertz CT molecular complexity index is 1260. The zero-order chi connectivity index (χ0) is 26.5. The summed E-state index contributed by atoms with van der Waals surface area (Å²) in [7, 11) is 1.60. The molecule has 0 saturated carbocycles. The minimum absolute atomic E-state index is 0.171. The van der Waals surface area contributed by atoms with Crippen LogP contribution < -0.4 is 24.6 Å². The van der Waals surface area contributed by atoms with Gasteiger partial charge < -0.3 is 29.5 Å². The summed E-state index contributed by atoms with van der Waals surface area (Å²) in [5, 5.41) is 3.26. The number of hydrogen-bond donors (Lipinski definition) is 1. The lowest BCUT2D eigenvalue weighted by atomic mass is 10.1. The molecule has 0 atom stereocenters. The fraction of sp³-hybridized carbons (Fsp3) is 0.429. The van der Waals surface area contributed by atoms with Crippen molar-refractivity contribution < 1.29 is 14.3 Å². The highest BCUT2D eigenvalue weighted by Gasteiger charge is 2.23. The molecule has 1 saturated heterocycles. The van der Waals surface area contributed by atoms with Crippen LogP contribution >= 0.6 is 0 Å². The van der Waals surface area contributed by atoms with Gasteiger partial charge in [0, 0.05) is 37.9 Å². The first-order valence-electron chi connectivity index (χ1n) is 13.3. The highest BCUT2D eigenvalue weighted by Crippen LogP contribution is 2.34. The van der Waals surface area contributed by atoms with Crippen LogP contribution in [0.1, 0.15) is 26.7 Å². The van der Waals surface area contributed by atoms with E-state index >= 15 is 0 Å². The molecule has 5 rings (SSSR count). The molecule has 200 valence electrons. The summed E-state index contributed by atoms with van der Waals surface area (Å²) >= 11 is 0. The average molecular weight is 518 g/mol. The van der Waals surface area contributed by atoms with Crippen LogP contribution in [0.2, 0.25) is 0 Å². The summed E-state index contributed by atoms with van der Waals surface area (Å²) in [4.78, 5) is 32.3. The molecule has 3 aromatic rings. The van der Waals surface area contributed by atoms with Crippen molar-refractivity contribution in [3.05, 3.63) is 42.7 Å². The predicted molar refractivity (Wildman–Crippen MR) is 149 cm³/mol. The van der Waals surface area contributed by atoms with E-state index in [-0.39, 0.29) is 5.91 Å². The summed E-state index contributed by atoms with van der Waals surface area (Å²) in [6.07, 6.45) is 4.99. The summed E-state index contributed by atoms with van der Waals surface area (Å²) in [6.45, 7) is 10.6. The van der Waals surface area contributed by atoms with E-state index < -0.39 is 0 Å². The summed E-state index contributed by atoms with van der Waals surface area (Å²) < 4.78 is 11.4. The Morgan fingerprint density at radius 1 is 1.11 bits per heavy atom. The lowest BCUT2D eigenvalue weighted by molar-refractivity contribution is -0.117. The van der Waals surface area contributed by atoms with Gasteiger partial charge in [-0.15, -0.1) is 0 Å². The van der Waals surface area contributed by atoms with Crippen molar-refractivity contribution in [3.63, 3.8) is 0 Å². The van der Waals surface area contributed by atoms with Gasteiger partial charge in [0.05, 0.1) is 31.1 Å². The number of nitrogens with one attached hydrogen (secondary N) is 1. The largest absolute Gasteiger partial charge is 0.480 e. The van der Waals surface area contributed by atoms with Crippen LogP contribution in [0.3, 0.4) is 0 Å². The third kappa shape index (κ3) is 5.50. The second kappa shape index (κ2) is 11.6. The lowest BCUT2D eigenvalue weighted by Gasteiger charge is -2.32. The van der Waals surface area contributed by atoms with Crippen LogP contribution in [-0.4, -0.2) is 78.7 Å². The zero-order valence-electron chi connectivity index (χ0n) is 22.3. The lowest BCUT2D eigenvalue weighted by Crippen LogP contribution is -2.39. The number of ether oxygens (including phenoxy) is 2. The molecule has 0 unspecified atom stereocenters. The van der Waals surface area contributed by atoms with E-state index in [1.165, 1.54) is 0 Å². The minimum Gasteiger partial charge on any atom is -0.480 e. The summed E-state index contributed by atoms with van der Waals surface area (Å²) in [6, 6.07) is 9.88. The number of hydrogen-bond acceptors (Lipinski definition) is 9. The van der Waals surface area contributed by atoms with Gasteiger partial charge in [-0.2, -0.15) is 4.98 Å². The number of carbonyl (C=O) groups is 1. The molecule has 1 fully saturated rings. The van der Waals surface area contributed by atoms with E-state index in [1.54, 1.807) is 19.5 Å². The van der Waals surface area contributed by atoms with Gasteiger partial charge >= 0.3 is 0 Å². The number of nitrogens with zero attached hydrogens (tertiary/aromatic N) is 6. The van der Waals surface area contributed by atoms with Crippen molar-refractivity contribution in [3.8, 4) is 22.9 Å². The molecule has 38 heavy (non-hydrogen) atoms. The van der Waals surface area contributed by atoms with Crippen molar-refractivity contribution in [2.45, 2.75) is 26.7 Å². The molecule has 4 heterocycles. The van der Waals surface area contributed by atoms with Crippen LogP contribution in [0.5, 0.6) is 11.8 Å². The van der Waals surface area contributed by atoms with E-state index in [4.69, 9.17) is 9.47 Å². The number of benzene rings is 1. The Labute approximate surface area is 223 Å². The quantitative estimate of drug-likeness (QED) is 0.429. The first kappa shape index (κ1) is 25.7. The van der Waals surface area contributed by atoms with Crippen LogP contribution in [-0.2, 0) is 4.79 Å². The van der Waals surface area contributed by atoms with Gasteiger partial charge in [-0.25, -0.2) is 9.97 Å². The Hall–Kier alpha value is -3.92. The van der Waals surface area contributed by atoms with E-state index in [0.717, 1.165) is 73.9 Å². The first-order chi connectivity index (χ1) is 18.6. The third-order valence-corrected chi connectivity index (χ3v) is 7.12. The molecule has 2 aliphatic heterocycles. The molecule has 10 nitrogen and oxygen atoms in total. The van der Waals surface area contributed by atoms with Gasteiger partial charge in [0.25, 0.3) is 0 Å². The van der Waals surface area contributed by atoms with Crippen LogP contribution in [0.4, 0.5) is 23.0 Å². The molecule has 2 aromatic heterocycles. The molecule has 0 spiro atoms. The molecule has 1 amide bonds. The topological polar surface area (TPSA) is 96.0 Å². The van der Waals surface area contributed by atoms with E-state index in [2.05, 4.69) is 43.9 Å². The van der Waals surface area contributed by atoms with Gasteiger partial charge in [0.15, 0.2) is 0 Å². The monoisotopic (exact) mass is 517 g/mol. The second-order valence-electron chi connectivity index (χ2n) is 9.35. The highest BCUT2D eigenvalue weighted by molar-refractivity contribution is 5.95.